The molecule has 2 rings (SSSR count). The Bertz CT molecular complexity index is 1250. The Kier molecular flexibility index (Phi) is 9.53. The molecule has 2 aromatic rings. The Labute approximate surface area is 214 Å². The molecule has 0 unspecified atom stereocenters. The predicted octanol–water partition coefficient (Wildman–Crippen LogP) is 4.31. The third kappa shape index (κ3) is 7.36. The van der Waals surface area contributed by atoms with Gasteiger partial charge in [-0.15, -0.1) is 6.40 Å². The van der Waals surface area contributed by atoms with Crippen molar-refractivity contribution in [3.05, 3.63) is 54.4 Å². The largest absolute Gasteiger partial charge is 0.466 e. The maximum Gasteiger partial charge on any atom is 0.418 e. The minimum Gasteiger partial charge on any atom is -0.466 e. The van der Waals surface area contributed by atoms with E-state index in [0.717, 1.165) is 11.4 Å². The third-order valence-electron chi connectivity index (χ3n) is 5.51. The standard InChI is InChI=1S/C27H34N2O6Si/c1-8-15-28(17-14-24(30)33-3)16-13-22-21-11-9-10-12-23(21)29(25(22)20(2)26(31)34-4)27(32)35-18-19-36(5,6)7/h1,9-12,14,17H,2,13,15-16,18-19H2,3-7H3/b17-14+/i1D. The van der Waals surface area contributed by atoms with Crippen LogP contribution in [0.25, 0.3) is 16.5 Å². The summed E-state index contributed by atoms with van der Waals surface area (Å²) in [6.45, 7) is 11.3. The number of esters is 2. The predicted molar refractivity (Wildman–Crippen MR) is 143 cm³/mol. The first kappa shape index (κ1) is 26.8. The van der Waals surface area contributed by atoms with Crippen molar-refractivity contribution in [1.29, 1.82) is 0 Å². The SMILES string of the molecule is [2H]C#CCN(/C=C/C(=O)OC)CCc1c(C(=C)C(=O)OC)n(C(=O)OCC[Si](C)(C)C)c2ccccc12. The number of hydrogen-bond acceptors (Lipinski definition) is 7. The smallest absolute Gasteiger partial charge is 0.418 e. The summed E-state index contributed by atoms with van der Waals surface area (Å²) in [5.74, 6) is 1.47. The van der Waals surface area contributed by atoms with Crippen molar-refractivity contribution < 1.29 is 30.0 Å². The van der Waals surface area contributed by atoms with E-state index in [1.165, 1.54) is 31.1 Å². The van der Waals surface area contributed by atoms with Crippen LogP contribution in [0.3, 0.4) is 0 Å². The first-order valence-corrected chi connectivity index (χ1v) is 15.2. The van der Waals surface area contributed by atoms with Gasteiger partial charge in [0.05, 0.1) is 44.2 Å². The number of methoxy groups -OCH3 is 2. The molecule has 0 N–H and O–H groups in total. The normalized spacial score (nSPS) is 11.4. The molecule has 8 nitrogen and oxygen atoms in total. The number of para-hydroxylation sites is 1. The maximum atomic E-state index is 13.3. The number of fused-ring (bicyclic) bond motifs is 1. The fraction of sp³-hybridized carbons (Fsp3) is 0.370. The zero-order chi connectivity index (χ0) is 27.6. The molecular weight excluding hydrogens is 476 g/mol. The van der Waals surface area contributed by atoms with Gasteiger partial charge in [-0.2, -0.15) is 0 Å². The first-order valence-electron chi connectivity index (χ1n) is 12.0. The molecule has 1 aromatic carbocycles. The minimum atomic E-state index is -1.44. The Balaban J connectivity index is 2.55. The molecule has 0 spiro atoms. The van der Waals surface area contributed by atoms with E-state index in [-0.39, 0.29) is 18.7 Å². The Morgan fingerprint density at radius 1 is 1.22 bits per heavy atom. The van der Waals surface area contributed by atoms with E-state index >= 15 is 0 Å². The van der Waals surface area contributed by atoms with Crippen molar-refractivity contribution in [3.8, 4) is 12.3 Å². The van der Waals surface area contributed by atoms with Crippen LogP contribution in [0.15, 0.2) is 43.1 Å². The molecule has 0 saturated carbocycles. The summed E-state index contributed by atoms with van der Waals surface area (Å²) < 4.78 is 23.7. The average molecular weight is 512 g/mol. The van der Waals surface area contributed by atoms with Crippen molar-refractivity contribution in [1.82, 2.24) is 9.47 Å². The summed E-state index contributed by atoms with van der Waals surface area (Å²) >= 11 is 0. The van der Waals surface area contributed by atoms with Gasteiger partial charge in [-0.3, -0.25) is 0 Å². The van der Waals surface area contributed by atoms with E-state index < -0.39 is 26.1 Å². The molecule has 0 aliphatic rings. The monoisotopic (exact) mass is 511 g/mol. The number of aromatic nitrogens is 1. The molecule has 0 atom stereocenters. The fourth-order valence-electron chi connectivity index (χ4n) is 3.59. The molecule has 0 fully saturated rings. The Morgan fingerprint density at radius 2 is 1.94 bits per heavy atom. The zero-order valence-electron chi connectivity index (χ0n) is 22.6. The Morgan fingerprint density at radius 3 is 2.58 bits per heavy atom. The van der Waals surface area contributed by atoms with E-state index in [1.807, 2.05) is 12.1 Å². The summed E-state index contributed by atoms with van der Waals surface area (Å²) in [5, 5.41) is 0.758. The molecule has 0 radical (unpaired) electrons. The highest BCUT2D eigenvalue weighted by Crippen LogP contribution is 2.32. The maximum absolute atomic E-state index is 13.3. The van der Waals surface area contributed by atoms with Gasteiger partial charge in [-0.05, 0) is 24.1 Å². The number of ether oxygens (including phenoxy) is 3. The molecule has 1 aromatic heterocycles. The molecule has 9 heteroatoms. The lowest BCUT2D eigenvalue weighted by atomic mass is 10.0. The van der Waals surface area contributed by atoms with Crippen LogP contribution in [0, 0.1) is 12.3 Å². The highest BCUT2D eigenvalue weighted by atomic mass is 28.3. The summed E-state index contributed by atoms with van der Waals surface area (Å²) in [6, 6.07) is 8.10. The van der Waals surface area contributed by atoms with Crippen LogP contribution in [0.1, 0.15) is 12.6 Å². The summed E-state index contributed by atoms with van der Waals surface area (Å²) in [6.07, 6.45) is 4.67. The number of rotatable bonds is 11. The van der Waals surface area contributed by atoms with Gasteiger partial charge in [-0.1, -0.05) is 50.3 Å². The lowest BCUT2D eigenvalue weighted by molar-refractivity contribution is -0.135. The zero-order valence-corrected chi connectivity index (χ0v) is 22.6. The fourth-order valence-corrected chi connectivity index (χ4v) is 4.31. The van der Waals surface area contributed by atoms with Crippen LogP contribution in [0.4, 0.5) is 4.79 Å². The van der Waals surface area contributed by atoms with E-state index in [0.29, 0.717) is 29.7 Å². The third-order valence-corrected chi connectivity index (χ3v) is 7.22. The lowest BCUT2D eigenvalue weighted by Crippen LogP contribution is -2.25. The second-order valence-corrected chi connectivity index (χ2v) is 14.9. The second kappa shape index (κ2) is 12.8. The van der Waals surface area contributed by atoms with Crippen molar-refractivity contribution in [2.75, 3.05) is 33.9 Å². The van der Waals surface area contributed by atoms with Crippen LogP contribution in [-0.4, -0.2) is 69.5 Å². The van der Waals surface area contributed by atoms with E-state index in [2.05, 4.69) is 43.3 Å². The number of nitrogens with zero attached hydrogens (tertiary/aromatic N) is 2. The van der Waals surface area contributed by atoms with Gasteiger partial charge in [0.1, 0.15) is 1.37 Å². The molecule has 0 bridgehead atoms. The average Bonchev–Trinajstić information content (AvgIpc) is 3.20. The molecule has 36 heavy (non-hydrogen) atoms. The van der Waals surface area contributed by atoms with Crippen LogP contribution >= 0.6 is 0 Å². The molecule has 192 valence electrons. The quantitative estimate of drug-likeness (QED) is 0.146. The van der Waals surface area contributed by atoms with Gasteiger partial charge in [0.25, 0.3) is 0 Å². The van der Waals surface area contributed by atoms with Crippen LogP contribution < -0.4 is 0 Å². The first-order chi connectivity index (χ1) is 17.5. The van der Waals surface area contributed by atoms with E-state index in [9.17, 15) is 14.4 Å². The van der Waals surface area contributed by atoms with Gasteiger partial charge in [-0.25, -0.2) is 19.0 Å². The van der Waals surface area contributed by atoms with Gasteiger partial charge in [0.15, 0.2) is 0 Å². The van der Waals surface area contributed by atoms with Gasteiger partial charge >= 0.3 is 18.0 Å². The van der Waals surface area contributed by atoms with E-state index in [4.69, 9.17) is 10.8 Å². The van der Waals surface area contributed by atoms with Gasteiger partial charge in [0, 0.05) is 32.3 Å². The number of terminal acetylenes is 1. The van der Waals surface area contributed by atoms with Crippen LogP contribution in [-0.2, 0) is 30.2 Å². The van der Waals surface area contributed by atoms with Gasteiger partial charge < -0.3 is 19.1 Å². The highest BCUT2D eigenvalue weighted by molar-refractivity contribution is 6.76. The topological polar surface area (TPSA) is 87.1 Å². The summed E-state index contributed by atoms with van der Waals surface area (Å²) in [5.41, 5.74) is 1.62. The molecule has 0 aliphatic carbocycles. The van der Waals surface area contributed by atoms with Crippen LogP contribution in [0.5, 0.6) is 0 Å². The second-order valence-electron chi connectivity index (χ2n) is 9.31. The van der Waals surface area contributed by atoms with Crippen molar-refractivity contribution in [2.45, 2.75) is 32.1 Å². The minimum absolute atomic E-state index is 0.0263. The van der Waals surface area contributed by atoms with Crippen molar-refractivity contribution in [2.24, 2.45) is 0 Å². The number of carbonyl (C=O) groups is 3. The van der Waals surface area contributed by atoms with Crippen molar-refractivity contribution in [3.63, 3.8) is 0 Å². The summed E-state index contributed by atoms with van der Waals surface area (Å²) in [4.78, 5) is 39.2. The van der Waals surface area contributed by atoms with Crippen molar-refractivity contribution >= 4 is 42.6 Å². The number of hydrogen-bond donors (Lipinski definition) is 0. The van der Waals surface area contributed by atoms with Crippen LogP contribution in [0.2, 0.25) is 25.7 Å². The molecule has 1 heterocycles. The number of benzene rings is 1. The molecule has 0 aliphatic heterocycles. The highest BCUT2D eigenvalue weighted by Gasteiger charge is 2.27. The van der Waals surface area contributed by atoms with Gasteiger partial charge in [0.2, 0.25) is 0 Å². The molecule has 0 amide bonds. The number of carbonyl (C=O) groups excluding carboxylic acids is 3. The molecule has 0 saturated heterocycles. The molecular formula is C27H34N2O6Si. The van der Waals surface area contributed by atoms with E-state index in [1.54, 1.807) is 17.0 Å². The lowest BCUT2D eigenvalue weighted by Gasteiger charge is -2.18. The summed E-state index contributed by atoms with van der Waals surface area (Å²) in [7, 11) is 1.10. The Hall–Kier alpha value is -3.77.